The summed E-state index contributed by atoms with van der Waals surface area (Å²) in [6, 6.07) is 6.45. The molecule has 0 radical (unpaired) electrons. The van der Waals surface area contributed by atoms with Crippen LogP contribution in [-0.2, 0) is 12.8 Å². The molecule has 0 aliphatic heterocycles. The predicted molar refractivity (Wildman–Crippen MR) is 100.0 cm³/mol. The second-order valence-electron chi connectivity index (χ2n) is 7.09. The van der Waals surface area contributed by atoms with E-state index in [9.17, 15) is 0 Å². The first-order valence-corrected chi connectivity index (χ1v) is 9.06. The molecule has 3 aromatic rings. The minimum absolute atomic E-state index is 0.337. The van der Waals surface area contributed by atoms with Crippen LogP contribution in [0, 0.1) is 17.8 Å². The molecular weight excluding hydrogens is 308 g/mol. The summed E-state index contributed by atoms with van der Waals surface area (Å²) in [5.74, 6) is 7.64. The lowest BCUT2D eigenvalue weighted by atomic mass is 9.94. The third kappa shape index (κ3) is 2.66. The number of fused-ring (bicyclic) bond motifs is 5. The van der Waals surface area contributed by atoms with E-state index in [1.807, 2.05) is 6.20 Å². The van der Waals surface area contributed by atoms with Crippen molar-refractivity contribution in [3.63, 3.8) is 0 Å². The normalized spacial score (nSPS) is 16.3. The first kappa shape index (κ1) is 14.5. The van der Waals surface area contributed by atoms with Crippen molar-refractivity contribution >= 4 is 16.9 Å². The largest absolute Gasteiger partial charge is 0.368 e. The zero-order chi connectivity index (χ0) is 16.8. The van der Waals surface area contributed by atoms with E-state index in [4.69, 9.17) is 5.73 Å². The van der Waals surface area contributed by atoms with Crippen molar-refractivity contribution < 1.29 is 0 Å². The van der Waals surface area contributed by atoms with Crippen LogP contribution >= 0.6 is 0 Å². The maximum absolute atomic E-state index is 5.90. The first-order chi connectivity index (χ1) is 12.3. The number of benzene rings is 1. The molecule has 0 bridgehead atoms. The molecule has 2 aliphatic rings. The SMILES string of the molecule is Nc1ncc2c(n1)-c1c([nH]c3ccc(C#CC4CC4)cc13)CCCC2. The van der Waals surface area contributed by atoms with Gasteiger partial charge in [0.1, 0.15) is 0 Å². The summed E-state index contributed by atoms with van der Waals surface area (Å²) in [6.45, 7) is 0. The van der Waals surface area contributed by atoms with Crippen LogP contribution in [0.1, 0.15) is 42.5 Å². The lowest BCUT2D eigenvalue weighted by molar-refractivity contribution is 0.717. The molecule has 0 atom stereocenters. The van der Waals surface area contributed by atoms with E-state index in [-0.39, 0.29) is 0 Å². The number of hydrogen-bond acceptors (Lipinski definition) is 3. The molecule has 25 heavy (non-hydrogen) atoms. The van der Waals surface area contributed by atoms with E-state index in [1.54, 1.807) is 0 Å². The zero-order valence-electron chi connectivity index (χ0n) is 14.1. The first-order valence-electron chi connectivity index (χ1n) is 9.06. The Labute approximate surface area is 146 Å². The number of nitrogens with one attached hydrogen (secondary N) is 1. The molecule has 0 amide bonds. The van der Waals surface area contributed by atoms with Gasteiger partial charge in [0.15, 0.2) is 0 Å². The van der Waals surface area contributed by atoms with E-state index in [2.05, 4.69) is 45.0 Å². The Morgan fingerprint density at radius 1 is 1.16 bits per heavy atom. The number of H-pyrrole nitrogens is 1. The van der Waals surface area contributed by atoms with Gasteiger partial charge in [0.05, 0.1) is 5.69 Å². The number of nitrogens with zero attached hydrogens (tertiary/aromatic N) is 2. The lowest BCUT2D eigenvalue weighted by Gasteiger charge is -2.14. The van der Waals surface area contributed by atoms with Gasteiger partial charge in [-0.2, -0.15) is 0 Å². The Bertz CT molecular complexity index is 1030. The Morgan fingerprint density at radius 2 is 2.04 bits per heavy atom. The monoisotopic (exact) mass is 328 g/mol. The molecule has 5 rings (SSSR count). The number of anilines is 1. The van der Waals surface area contributed by atoms with Gasteiger partial charge in [-0.3, -0.25) is 0 Å². The number of rotatable bonds is 0. The van der Waals surface area contributed by atoms with Crippen molar-refractivity contribution in [2.24, 2.45) is 5.92 Å². The lowest BCUT2D eigenvalue weighted by Crippen LogP contribution is -2.05. The summed E-state index contributed by atoms with van der Waals surface area (Å²) in [7, 11) is 0. The average molecular weight is 328 g/mol. The summed E-state index contributed by atoms with van der Waals surface area (Å²) >= 11 is 0. The van der Waals surface area contributed by atoms with Crippen LogP contribution in [0.25, 0.3) is 22.2 Å². The third-order valence-electron chi connectivity index (χ3n) is 5.12. The van der Waals surface area contributed by atoms with Gasteiger partial charge in [-0.1, -0.05) is 11.8 Å². The molecule has 0 spiro atoms. The maximum atomic E-state index is 5.90. The fraction of sp³-hybridized carbons (Fsp3) is 0.333. The summed E-state index contributed by atoms with van der Waals surface area (Å²) in [5, 5.41) is 1.19. The third-order valence-corrected chi connectivity index (χ3v) is 5.12. The van der Waals surface area contributed by atoms with Gasteiger partial charge >= 0.3 is 0 Å². The van der Waals surface area contributed by atoms with Crippen LogP contribution in [0.5, 0.6) is 0 Å². The fourth-order valence-corrected chi connectivity index (χ4v) is 3.63. The van der Waals surface area contributed by atoms with Gasteiger partial charge in [-0.05, 0) is 62.3 Å². The van der Waals surface area contributed by atoms with Gasteiger partial charge in [0, 0.05) is 39.8 Å². The number of hydrogen-bond donors (Lipinski definition) is 2. The van der Waals surface area contributed by atoms with Crippen LogP contribution in [-0.4, -0.2) is 15.0 Å². The van der Waals surface area contributed by atoms with Crippen molar-refractivity contribution in [2.75, 3.05) is 5.73 Å². The van der Waals surface area contributed by atoms with E-state index in [0.717, 1.165) is 42.5 Å². The smallest absolute Gasteiger partial charge is 0.220 e. The number of aromatic nitrogens is 3. The minimum Gasteiger partial charge on any atom is -0.368 e. The molecule has 1 fully saturated rings. The number of aryl methyl sites for hydroxylation is 2. The van der Waals surface area contributed by atoms with Gasteiger partial charge in [-0.25, -0.2) is 9.97 Å². The second kappa shape index (κ2) is 5.63. The maximum Gasteiger partial charge on any atom is 0.220 e. The summed E-state index contributed by atoms with van der Waals surface area (Å²) in [5.41, 5.74) is 12.7. The summed E-state index contributed by atoms with van der Waals surface area (Å²) in [4.78, 5) is 12.4. The van der Waals surface area contributed by atoms with Crippen molar-refractivity contribution in [1.82, 2.24) is 15.0 Å². The molecule has 2 heterocycles. The van der Waals surface area contributed by atoms with Gasteiger partial charge < -0.3 is 10.7 Å². The second-order valence-corrected chi connectivity index (χ2v) is 7.09. The molecule has 2 aromatic heterocycles. The summed E-state index contributed by atoms with van der Waals surface area (Å²) < 4.78 is 0. The van der Waals surface area contributed by atoms with Gasteiger partial charge in [0.2, 0.25) is 5.95 Å². The number of nitrogens with two attached hydrogens (primary N) is 1. The van der Waals surface area contributed by atoms with Crippen molar-refractivity contribution in [3.05, 3.63) is 41.2 Å². The van der Waals surface area contributed by atoms with Gasteiger partial charge in [0.25, 0.3) is 0 Å². The van der Waals surface area contributed by atoms with Crippen LogP contribution in [0.3, 0.4) is 0 Å². The Hall–Kier alpha value is -2.80. The van der Waals surface area contributed by atoms with Gasteiger partial charge in [-0.15, -0.1) is 0 Å². The molecule has 4 heteroatoms. The molecule has 2 aliphatic carbocycles. The van der Waals surface area contributed by atoms with E-state index >= 15 is 0 Å². The molecule has 4 nitrogen and oxygen atoms in total. The molecule has 1 aromatic carbocycles. The standard InChI is InChI=1S/C21H20N4/c22-21-23-12-15-3-1-2-4-18-19(20(15)25-21)16-11-14(8-7-13-5-6-13)9-10-17(16)24-18/h9-13,24H,1-6H2,(H2,22,23,25). The zero-order valence-corrected chi connectivity index (χ0v) is 14.1. The molecule has 3 N–H and O–H groups in total. The fourth-order valence-electron chi connectivity index (χ4n) is 3.63. The molecule has 1 saturated carbocycles. The van der Waals surface area contributed by atoms with Crippen LogP contribution in [0.4, 0.5) is 5.95 Å². The van der Waals surface area contributed by atoms with E-state index < -0.39 is 0 Å². The highest BCUT2D eigenvalue weighted by Gasteiger charge is 2.21. The summed E-state index contributed by atoms with van der Waals surface area (Å²) in [6.07, 6.45) is 8.74. The Kier molecular flexibility index (Phi) is 3.27. The highest BCUT2D eigenvalue weighted by Crippen LogP contribution is 2.37. The highest BCUT2D eigenvalue weighted by molar-refractivity contribution is 5.98. The number of aromatic amines is 1. The van der Waals surface area contributed by atoms with E-state index in [0.29, 0.717) is 11.9 Å². The Balaban J connectivity index is 1.73. The number of nitrogen functional groups attached to an aromatic ring is 1. The van der Waals surface area contributed by atoms with Crippen LogP contribution < -0.4 is 5.73 Å². The Morgan fingerprint density at radius 3 is 2.92 bits per heavy atom. The van der Waals surface area contributed by atoms with Crippen LogP contribution in [0.15, 0.2) is 24.4 Å². The van der Waals surface area contributed by atoms with Crippen molar-refractivity contribution in [1.29, 1.82) is 0 Å². The quantitative estimate of drug-likeness (QED) is 0.616. The average Bonchev–Trinajstić information content (AvgIpc) is 3.36. The predicted octanol–water partition coefficient (Wildman–Crippen LogP) is 3.85. The molecular formula is C21H20N4. The topological polar surface area (TPSA) is 67.6 Å². The van der Waals surface area contributed by atoms with Crippen molar-refractivity contribution in [3.8, 4) is 23.1 Å². The highest BCUT2D eigenvalue weighted by atomic mass is 15.0. The van der Waals surface area contributed by atoms with Crippen molar-refractivity contribution in [2.45, 2.75) is 38.5 Å². The van der Waals surface area contributed by atoms with Crippen LogP contribution in [0.2, 0.25) is 0 Å². The molecule has 0 unspecified atom stereocenters. The van der Waals surface area contributed by atoms with E-state index in [1.165, 1.54) is 35.0 Å². The minimum atomic E-state index is 0.337. The molecule has 124 valence electrons. The molecule has 0 saturated heterocycles.